The fourth-order valence-electron chi connectivity index (χ4n) is 5.47. The summed E-state index contributed by atoms with van der Waals surface area (Å²) in [5.41, 5.74) is 13.5. The van der Waals surface area contributed by atoms with Crippen LogP contribution < -0.4 is 5.73 Å². The maximum absolute atomic E-state index is 9.54. The number of aliphatic hydroxyl groups is 1. The van der Waals surface area contributed by atoms with Crippen molar-refractivity contribution in [3.05, 3.63) is 131 Å². The van der Waals surface area contributed by atoms with Crippen LogP contribution in [-0.4, -0.2) is 29.7 Å². The van der Waals surface area contributed by atoms with Crippen LogP contribution in [0.4, 0.5) is 0 Å². The second kappa shape index (κ2) is 12.9. The highest BCUT2D eigenvalue weighted by Crippen LogP contribution is 2.42. The molecule has 0 radical (unpaired) electrons. The maximum Gasteiger partial charge on any atom is 0.184 e. The van der Waals surface area contributed by atoms with E-state index in [1.807, 2.05) is 24.3 Å². The van der Waals surface area contributed by atoms with Gasteiger partial charge in [0, 0.05) is 30.6 Å². The van der Waals surface area contributed by atoms with Gasteiger partial charge in [-0.2, -0.15) is 0 Å². The van der Waals surface area contributed by atoms with Gasteiger partial charge in [-0.3, -0.25) is 4.90 Å². The molecule has 1 fully saturated rings. The summed E-state index contributed by atoms with van der Waals surface area (Å²) in [6, 6.07) is 35.7. The highest BCUT2D eigenvalue weighted by molar-refractivity contribution is 5.64. The lowest BCUT2D eigenvalue weighted by molar-refractivity contribution is -0.276. The summed E-state index contributed by atoms with van der Waals surface area (Å²) in [6.45, 7) is 5.76. The molecular weight excluding hydrogens is 496 g/mol. The molecule has 5 heteroatoms. The fourth-order valence-corrected chi connectivity index (χ4v) is 5.47. The summed E-state index contributed by atoms with van der Waals surface area (Å²) in [5, 5.41) is 9.54. The summed E-state index contributed by atoms with van der Waals surface area (Å²) in [6.07, 6.45) is -0.676. The number of hydrogen-bond donors (Lipinski definition) is 2. The van der Waals surface area contributed by atoms with Crippen LogP contribution in [0.1, 0.15) is 60.1 Å². The minimum absolute atomic E-state index is 0.0262. The molecule has 4 aromatic carbocycles. The van der Waals surface area contributed by atoms with E-state index in [-0.39, 0.29) is 30.8 Å². The first-order valence-electron chi connectivity index (χ1n) is 14.1. The molecule has 0 unspecified atom stereocenters. The van der Waals surface area contributed by atoms with Crippen LogP contribution in [0, 0.1) is 5.92 Å². The van der Waals surface area contributed by atoms with Gasteiger partial charge in [0.1, 0.15) is 0 Å². The summed E-state index contributed by atoms with van der Waals surface area (Å²) >= 11 is 0. The van der Waals surface area contributed by atoms with Crippen molar-refractivity contribution in [3.8, 4) is 11.1 Å². The van der Waals surface area contributed by atoms with E-state index < -0.39 is 6.29 Å². The number of benzene rings is 4. The summed E-state index contributed by atoms with van der Waals surface area (Å²) in [5.74, 6) is 0.125. The van der Waals surface area contributed by atoms with Crippen molar-refractivity contribution in [2.45, 2.75) is 51.5 Å². The van der Waals surface area contributed by atoms with Gasteiger partial charge in [0.25, 0.3) is 0 Å². The largest absolute Gasteiger partial charge is 0.392 e. The smallest absolute Gasteiger partial charge is 0.184 e. The van der Waals surface area contributed by atoms with Gasteiger partial charge in [-0.25, -0.2) is 0 Å². The van der Waals surface area contributed by atoms with Crippen LogP contribution in [0.2, 0.25) is 0 Å². The number of ether oxygens (including phenoxy) is 2. The highest BCUT2D eigenvalue weighted by atomic mass is 16.7. The first-order chi connectivity index (χ1) is 19.5. The van der Waals surface area contributed by atoms with E-state index in [1.165, 1.54) is 5.56 Å². The van der Waals surface area contributed by atoms with Crippen LogP contribution >= 0.6 is 0 Å². The molecule has 0 aliphatic carbocycles. The predicted octanol–water partition coefficient (Wildman–Crippen LogP) is 6.79. The molecule has 5 atom stereocenters. The molecule has 0 amide bonds. The van der Waals surface area contributed by atoms with Crippen molar-refractivity contribution >= 4 is 0 Å². The number of rotatable bonds is 9. The van der Waals surface area contributed by atoms with E-state index in [1.54, 1.807) is 0 Å². The summed E-state index contributed by atoms with van der Waals surface area (Å²) in [7, 11) is 2.16. The van der Waals surface area contributed by atoms with Gasteiger partial charge in [0.2, 0.25) is 0 Å². The molecule has 208 valence electrons. The molecular formula is C35H40N2O3. The van der Waals surface area contributed by atoms with E-state index in [9.17, 15) is 5.11 Å². The fraction of sp³-hybridized carbons (Fsp3) is 0.314. The Balaban J connectivity index is 1.40. The van der Waals surface area contributed by atoms with Gasteiger partial charge in [0.15, 0.2) is 6.29 Å². The van der Waals surface area contributed by atoms with Crippen molar-refractivity contribution in [2.24, 2.45) is 11.7 Å². The van der Waals surface area contributed by atoms with E-state index in [0.29, 0.717) is 6.54 Å². The average molecular weight is 537 g/mol. The lowest BCUT2D eigenvalue weighted by Crippen LogP contribution is -2.44. The van der Waals surface area contributed by atoms with E-state index in [0.717, 1.165) is 39.9 Å². The van der Waals surface area contributed by atoms with E-state index >= 15 is 0 Å². The minimum atomic E-state index is -0.492. The maximum atomic E-state index is 9.54. The average Bonchev–Trinajstić information content (AvgIpc) is 3.02. The Labute approximate surface area is 238 Å². The van der Waals surface area contributed by atoms with Gasteiger partial charge in [-0.15, -0.1) is 0 Å². The number of nitrogens with zero attached hydrogens (tertiary/aromatic N) is 1. The Morgan fingerprint density at radius 2 is 1.50 bits per heavy atom. The molecule has 0 spiro atoms. The molecule has 0 saturated carbocycles. The minimum Gasteiger partial charge on any atom is -0.392 e. The van der Waals surface area contributed by atoms with Crippen LogP contribution in [0.5, 0.6) is 0 Å². The lowest BCUT2D eigenvalue weighted by atomic mass is 9.89. The molecule has 1 aliphatic rings. The van der Waals surface area contributed by atoms with Crippen LogP contribution in [0.3, 0.4) is 0 Å². The van der Waals surface area contributed by atoms with Gasteiger partial charge in [-0.05, 0) is 53.4 Å². The van der Waals surface area contributed by atoms with Crippen molar-refractivity contribution in [2.75, 3.05) is 13.6 Å². The SMILES string of the molecule is C[C@@H]1[C@H](CN(C)[C@@H](C)c2ccccc2)O[C@H](c2ccc(-c3cccc(CN)c3)cc2)O[C@@H]1c1ccc(CO)cc1. The van der Waals surface area contributed by atoms with Gasteiger partial charge in [0.05, 0.1) is 18.8 Å². The third kappa shape index (κ3) is 6.35. The topological polar surface area (TPSA) is 68.0 Å². The van der Waals surface area contributed by atoms with Crippen LogP contribution in [-0.2, 0) is 22.6 Å². The number of hydrogen-bond acceptors (Lipinski definition) is 5. The molecule has 1 aliphatic heterocycles. The first-order valence-corrected chi connectivity index (χ1v) is 14.1. The third-order valence-electron chi connectivity index (χ3n) is 8.21. The Morgan fingerprint density at radius 3 is 2.17 bits per heavy atom. The number of likely N-dealkylation sites (N-methyl/N-ethyl adjacent to an activating group) is 1. The lowest BCUT2D eigenvalue weighted by Gasteiger charge is -2.43. The molecule has 1 heterocycles. The van der Waals surface area contributed by atoms with Crippen molar-refractivity contribution in [3.63, 3.8) is 0 Å². The Morgan fingerprint density at radius 1 is 0.800 bits per heavy atom. The van der Waals surface area contributed by atoms with Gasteiger partial charge < -0.3 is 20.3 Å². The predicted molar refractivity (Wildman–Crippen MR) is 160 cm³/mol. The van der Waals surface area contributed by atoms with Crippen molar-refractivity contribution < 1.29 is 14.6 Å². The van der Waals surface area contributed by atoms with Crippen molar-refractivity contribution in [1.82, 2.24) is 4.90 Å². The molecule has 3 N–H and O–H groups in total. The molecule has 0 aromatic heterocycles. The summed E-state index contributed by atoms with van der Waals surface area (Å²) in [4.78, 5) is 2.36. The van der Waals surface area contributed by atoms with E-state index in [4.69, 9.17) is 15.2 Å². The zero-order valence-electron chi connectivity index (χ0n) is 23.6. The molecule has 5 nitrogen and oxygen atoms in total. The second-order valence-electron chi connectivity index (χ2n) is 10.9. The molecule has 1 saturated heterocycles. The Hall–Kier alpha value is -3.32. The van der Waals surface area contributed by atoms with Gasteiger partial charge in [-0.1, -0.05) is 104 Å². The monoisotopic (exact) mass is 536 g/mol. The summed E-state index contributed by atoms with van der Waals surface area (Å²) < 4.78 is 13.4. The quantitative estimate of drug-likeness (QED) is 0.247. The van der Waals surface area contributed by atoms with Crippen LogP contribution in [0.15, 0.2) is 103 Å². The molecule has 4 aromatic rings. The standard InChI is InChI=1S/C35H40N2O3/c1-24-33(22-37(3)25(2)28-9-5-4-6-10-28)39-35(40-34(24)30-14-12-26(23-38)13-15-30)31-18-16-29(17-19-31)32-11-7-8-27(20-32)21-36/h4-20,24-25,33-35,38H,21-23,36H2,1-3H3/t24-,25+,33+,34+,35+/m1/s1. The molecule has 40 heavy (non-hydrogen) atoms. The van der Waals surface area contributed by atoms with Crippen molar-refractivity contribution in [1.29, 1.82) is 0 Å². The molecule has 5 rings (SSSR count). The Kier molecular flexibility index (Phi) is 9.10. The highest BCUT2D eigenvalue weighted by Gasteiger charge is 2.39. The Bertz CT molecular complexity index is 1360. The number of nitrogens with two attached hydrogens (primary N) is 1. The third-order valence-corrected chi connectivity index (χ3v) is 8.21. The molecule has 0 bridgehead atoms. The normalized spacial score (nSPS) is 21.9. The van der Waals surface area contributed by atoms with E-state index in [2.05, 4.69) is 105 Å². The number of aliphatic hydroxyl groups excluding tert-OH is 1. The van der Waals surface area contributed by atoms with Crippen LogP contribution in [0.25, 0.3) is 11.1 Å². The van der Waals surface area contributed by atoms with Gasteiger partial charge >= 0.3 is 0 Å². The first kappa shape index (κ1) is 28.2. The zero-order chi connectivity index (χ0) is 28.1. The second-order valence-corrected chi connectivity index (χ2v) is 10.9. The zero-order valence-corrected chi connectivity index (χ0v) is 23.6.